The molecule has 124 valence electrons. The number of carbonyl (C=O) groups is 3. The summed E-state index contributed by atoms with van der Waals surface area (Å²) in [7, 11) is 1.58. The van der Waals surface area contributed by atoms with Gasteiger partial charge < -0.3 is 14.5 Å². The zero-order chi connectivity index (χ0) is 16.5. The Morgan fingerprint density at radius 1 is 1.32 bits per heavy atom. The molecule has 0 aromatic heterocycles. The van der Waals surface area contributed by atoms with Crippen LogP contribution in [0.5, 0.6) is 0 Å². The second-order valence-corrected chi connectivity index (χ2v) is 7.42. The van der Waals surface area contributed by atoms with Gasteiger partial charge >= 0.3 is 5.97 Å². The summed E-state index contributed by atoms with van der Waals surface area (Å²) in [5, 5.41) is 0. The number of rotatable bonds is 5. The fourth-order valence-corrected chi connectivity index (χ4v) is 2.68. The summed E-state index contributed by atoms with van der Waals surface area (Å²) in [6, 6.07) is 0. The van der Waals surface area contributed by atoms with Crippen LogP contribution in [0.2, 0.25) is 0 Å². The normalized spacial score (nSPS) is 21.9. The zero-order valence-corrected chi connectivity index (χ0v) is 13.9. The van der Waals surface area contributed by atoms with E-state index in [1.807, 2.05) is 0 Å². The average molecular weight is 310 g/mol. The lowest BCUT2D eigenvalue weighted by Gasteiger charge is -2.24. The summed E-state index contributed by atoms with van der Waals surface area (Å²) < 4.78 is 5.21. The van der Waals surface area contributed by atoms with E-state index in [2.05, 4.69) is 0 Å². The van der Waals surface area contributed by atoms with Crippen molar-refractivity contribution in [2.75, 3.05) is 26.7 Å². The van der Waals surface area contributed by atoms with Gasteiger partial charge in [-0.15, -0.1) is 0 Å². The number of ether oxygens (including phenoxy) is 1. The van der Waals surface area contributed by atoms with Crippen LogP contribution in [0.4, 0.5) is 0 Å². The highest BCUT2D eigenvalue weighted by Gasteiger charge is 2.38. The molecule has 0 aromatic rings. The molecule has 1 aliphatic carbocycles. The Hall–Kier alpha value is -1.59. The number of hydrogen-bond acceptors (Lipinski definition) is 4. The molecule has 0 spiro atoms. The lowest BCUT2D eigenvalue weighted by molar-refractivity contribution is -0.158. The van der Waals surface area contributed by atoms with Crippen LogP contribution in [0.1, 0.15) is 40.0 Å². The number of likely N-dealkylation sites (tertiary alicyclic amines) is 1. The molecule has 0 unspecified atom stereocenters. The lowest BCUT2D eigenvalue weighted by Crippen LogP contribution is -2.40. The maximum atomic E-state index is 12.4. The molecule has 1 heterocycles. The van der Waals surface area contributed by atoms with Gasteiger partial charge in [-0.2, -0.15) is 0 Å². The van der Waals surface area contributed by atoms with Crippen molar-refractivity contribution in [1.82, 2.24) is 9.80 Å². The molecular formula is C16H26N2O4. The van der Waals surface area contributed by atoms with E-state index in [4.69, 9.17) is 4.74 Å². The van der Waals surface area contributed by atoms with Crippen molar-refractivity contribution >= 4 is 17.8 Å². The van der Waals surface area contributed by atoms with E-state index in [-0.39, 0.29) is 30.7 Å². The molecule has 0 N–H and O–H groups in total. The quantitative estimate of drug-likeness (QED) is 0.712. The first-order valence-electron chi connectivity index (χ1n) is 7.90. The third-order valence-electron chi connectivity index (χ3n) is 3.90. The standard InChI is InChI=1S/C16H26N2O4/c1-16(2,3)22-14(20)10-17(4)15(21)12-7-13(19)18(9-12)8-11-5-6-11/h11-12H,5-10H2,1-4H3/t12-/m1/s1. The molecule has 2 aliphatic rings. The van der Waals surface area contributed by atoms with E-state index in [9.17, 15) is 14.4 Å². The van der Waals surface area contributed by atoms with Crippen molar-refractivity contribution in [2.45, 2.75) is 45.6 Å². The van der Waals surface area contributed by atoms with E-state index in [0.29, 0.717) is 12.5 Å². The van der Waals surface area contributed by atoms with Crippen LogP contribution in [0.25, 0.3) is 0 Å². The lowest BCUT2D eigenvalue weighted by atomic mass is 10.1. The van der Waals surface area contributed by atoms with E-state index >= 15 is 0 Å². The molecule has 2 fully saturated rings. The van der Waals surface area contributed by atoms with Gasteiger partial charge in [-0.3, -0.25) is 14.4 Å². The predicted octanol–water partition coefficient (Wildman–Crippen LogP) is 1.04. The molecule has 0 radical (unpaired) electrons. The van der Waals surface area contributed by atoms with Gasteiger partial charge in [0, 0.05) is 26.6 Å². The van der Waals surface area contributed by atoms with Gasteiger partial charge in [0.1, 0.15) is 12.1 Å². The van der Waals surface area contributed by atoms with Crippen LogP contribution >= 0.6 is 0 Å². The highest BCUT2D eigenvalue weighted by atomic mass is 16.6. The van der Waals surface area contributed by atoms with E-state index < -0.39 is 11.6 Å². The monoisotopic (exact) mass is 310 g/mol. The van der Waals surface area contributed by atoms with E-state index in [0.717, 1.165) is 6.54 Å². The number of likely N-dealkylation sites (N-methyl/N-ethyl adjacent to an activating group) is 1. The van der Waals surface area contributed by atoms with Crippen LogP contribution in [-0.2, 0) is 19.1 Å². The van der Waals surface area contributed by atoms with Gasteiger partial charge in [0.25, 0.3) is 0 Å². The third-order valence-corrected chi connectivity index (χ3v) is 3.90. The molecule has 6 nitrogen and oxygen atoms in total. The van der Waals surface area contributed by atoms with Crippen molar-refractivity contribution in [2.24, 2.45) is 11.8 Å². The Labute approximate surface area is 131 Å². The van der Waals surface area contributed by atoms with Crippen LogP contribution < -0.4 is 0 Å². The molecule has 2 amide bonds. The van der Waals surface area contributed by atoms with Crippen molar-refractivity contribution in [1.29, 1.82) is 0 Å². The fraction of sp³-hybridized carbons (Fsp3) is 0.812. The summed E-state index contributed by atoms with van der Waals surface area (Å²) in [5.74, 6) is -0.244. The molecular weight excluding hydrogens is 284 g/mol. The molecule has 2 rings (SSSR count). The van der Waals surface area contributed by atoms with Crippen LogP contribution in [0, 0.1) is 11.8 Å². The van der Waals surface area contributed by atoms with Crippen molar-refractivity contribution in [3.63, 3.8) is 0 Å². The second kappa shape index (κ2) is 6.26. The van der Waals surface area contributed by atoms with Crippen LogP contribution in [0.15, 0.2) is 0 Å². The Bertz CT molecular complexity index is 465. The number of carbonyl (C=O) groups excluding carboxylic acids is 3. The summed E-state index contributed by atoms with van der Waals surface area (Å²) in [4.78, 5) is 39.3. The molecule has 1 aliphatic heterocycles. The number of esters is 1. The molecule has 0 bridgehead atoms. The average Bonchev–Trinajstić information content (AvgIpc) is 3.10. The SMILES string of the molecule is CN(CC(=O)OC(C)(C)C)C(=O)[C@@H]1CC(=O)N(CC2CC2)C1. The second-order valence-electron chi connectivity index (χ2n) is 7.42. The number of hydrogen-bond donors (Lipinski definition) is 0. The number of nitrogens with zero attached hydrogens (tertiary/aromatic N) is 2. The fourth-order valence-electron chi connectivity index (χ4n) is 2.68. The molecule has 1 saturated carbocycles. The third kappa shape index (κ3) is 4.71. The van der Waals surface area contributed by atoms with Crippen molar-refractivity contribution < 1.29 is 19.1 Å². The highest BCUT2D eigenvalue weighted by Crippen LogP contribution is 2.32. The van der Waals surface area contributed by atoms with Crippen molar-refractivity contribution in [3.05, 3.63) is 0 Å². The van der Waals surface area contributed by atoms with Crippen LogP contribution in [-0.4, -0.2) is 59.9 Å². The van der Waals surface area contributed by atoms with Gasteiger partial charge in [0.05, 0.1) is 5.92 Å². The molecule has 22 heavy (non-hydrogen) atoms. The maximum absolute atomic E-state index is 12.4. The largest absolute Gasteiger partial charge is 0.459 e. The predicted molar refractivity (Wildman–Crippen MR) is 80.9 cm³/mol. The zero-order valence-electron chi connectivity index (χ0n) is 13.9. The maximum Gasteiger partial charge on any atom is 0.326 e. The molecule has 1 saturated heterocycles. The first-order valence-corrected chi connectivity index (χ1v) is 7.90. The summed E-state index contributed by atoms with van der Waals surface area (Å²) in [6.07, 6.45) is 2.62. The Morgan fingerprint density at radius 3 is 2.50 bits per heavy atom. The molecule has 1 atom stereocenters. The summed E-state index contributed by atoms with van der Waals surface area (Å²) in [5.41, 5.74) is -0.564. The van der Waals surface area contributed by atoms with E-state index in [1.54, 1.807) is 32.7 Å². The smallest absolute Gasteiger partial charge is 0.326 e. The number of amides is 2. The van der Waals surface area contributed by atoms with Gasteiger partial charge in [-0.05, 0) is 39.5 Å². The van der Waals surface area contributed by atoms with Crippen LogP contribution in [0.3, 0.4) is 0 Å². The summed E-state index contributed by atoms with van der Waals surface area (Å²) >= 11 is 0. The van der Waals surface area contributed by atoms with Gasteiger partial charge in [0.15, 0.2) is 0 Å². The van der Waals surface area contributed by atoms with Gasteiger partial charge in [0.2, 0.25) is 11.8 Å². The Morgan fingerprint density at radius 2 is 1.95 bits per heavy atom. The van der Waals surface area contributed by atoms with E-state index in [1.165, 1.54) is 17.7 Å². The topological polar surface area (TPSA) is 66.9 Å². The highest BCUT2D eigenvalue weighted by molar-refractivity contribution is 5.90. The van der Waals surface area contributed by atoms with Gasteiger partial charge in [-0.1, -0.05) is 0 Å². The van der Waals surface area contributed by atoms with Crippen molar-refractivity contribution in [3.8, 4) is 0 Å². The Balaban J connectivity index is 1.82. The summed E-state index contributed by atoms with van der Waals surface area (Å²) in [6.45, 7) is 6.54. The Kier molecular flexibility index (Phi) is 4.78. The molecule has 0 aromatic carbocycles. The molecule has 6 heteroatoms. The van der Waals surface area contributed by atoms with Gasteiger partial charge in [-0.25, -0.2) is 0 Å². The first kappa shape index (κ1) is 16.8. The first-order chi connectivity index (χ1) is 10.2. The minimum Gasteiger partial charge on any atom is -0.459 e. The minimum atomic E-state index is -0.564. The minimum absolute atomic E-state index is 0.0518.